The minimum Gasteiger partial charge on any atom is -0.493 e. The smallest absolute Gasteiger partial charge is 0.258 e. The summed E-state index contributed by atoms with van der Waals surface area (Å²) in [5.41, 5.74) is 1.67. The molecule has 2 aromatic rings. The number of aromatic amines is 1. The monoisotopic (exact) mass is 391 g/mol. The van der Waals surface area contributed by atoms with Crippen molar-refractivity contribution in [1.82, 2.24) is 9.97 Å². The summed E-state index contributed by atoms with van der Waals surface area (Å²) in [7, 11) is 0. The van der Waals surface area contributed by atoms with Crippen LogP contribution in [0.25, 0.3) is 0 Å². The number of carbonyl (C=O) groups is 1. The number of hydrogen-bond acceptors (Lipinski definition) is 6. The first kappa shape index (κ1) is 21.0. The van der Waals surface area contributed by atoms with Crippen molar-refractivity contribution >= 4 is 23.4 Å². The number of aromatic nitrogens is 2. The number of aromatic hydroxyl groups is 1. The van der Waals surface area contributed by atoms with Gasteiger partial charge in [0.05, 0.1) is 17.9 Å². The molecule has 0 fully saturated rings. The van der Waals surface area contributed by atoms with Crippen LogP contribution in [0.2, 0.25) is 0 Å². The largest absolute Gasteiger partial charge is 0.493 e. The standard InChI is InChI=1S/C19H25N3O4S/c1-4-26-10-9-15-17(24)21-19(22-18(15)25)27-11-16(23)20-14-7-5-13(6-8-14)12(2)3/h5-8,12H,4,9-11H2,1-3H3,(H,20,23)(H2,21,22,24,25). The van der Waals surface area contributed by atoms with Gasteiger partial charge in [0.25, 0.3) is 5.56 Å². The molecule has 0 aliphatic rings. The first-order valence-electron chi connectivity index (χ1n) is 8.83. The molecular weight excluding hydrogens is 366 g/mol. The fourth-order valence-corrected chi connectivity index (χ4v) is 3.02. The number of thioether (sulfide) groups is 1. The first-order valence-corrected chi connectivity index (χ1v) is 9.81. The molecule has 27 heavy (non-hydrogen) atoms. The van der Waals surface area contributed by atoms with Crippen molar-refractivity contribution in [3.05, 3.63) is 45.7 Å². The molecule has 3 N–H and O–H groups in total. The number of benzene rings is 1. The highest BCUT2D eigenvalue weighted by atomic mass is 32.2. The summed E-state index contributed by atoms with van der Waals surface area (Å²) >= 11 is 1.05. The lowest BCUT2D eigenvalue weighted by Gasteiger charge is -2.09. The van der Waals surface area contributed by atoms with Gasteiger partial charge in [0.2, 0.25) is 11.8 Å². The van der Waals surface area contributed by atoms with Crippen LogP contribution in [0, 0.1) is 0 Å². The van der Waals surface area contributed by atoms with E-state index in [1.165, 1.54) is 5.56 Å². The van der Waals surface area contributed by atoms with Gasteiger partial charge in [0, 0.05) is 18.7 Å². The van der Waals surface area contributed by atoms with Crippen LogP contribution in [-0.2, 0) is 16.0 Å². The Labute approximate surface area is 162 Å². The van der Waals surface area contributed by atoms with Crippen molar-refractivity contribution in [3.8, 4) is 5.88 Å². The second-order valence-corrected chi connectivity index (χ2v) is 7.20. The van der Waals surface area contributed by atoms with E-state index in [0.29, 0.717) is 24.8 Å². The van der Waals surface area contributed by atoms with Crippen LogP contribution < -0.4 is 10.9 Å². The molecule has 1 aromatic heterocycles. The van der Waals surface area contributed by atoms with Gasteiger partial charge in [0.1, 0.15) is 0 Å². The SMILES string of the molecule is CCOCCc1c(O)nc(SCC(=O)Nc2ccc(C(C)C)cc2)[nH]c1=O. The minimum atomic E-state index is -0.422. The number of amides is 1. The Bertz CT molecular complexity index is 819. The lowest BCUT2D eigenvalue weighted by molar-refractivity contribution is -0.113. The normalized spacial score (nSPS) is 11.0. The van der Waals surface area contributed by atoms with E-state index in [1.54, 1.807) is 0 Å². The van der Waals surface area contributed by atoms with E-state index in [2.05, 4.69) is 29.1 Å². The molecule has 0 unspecified atom stereocenters. The van der Waals surface area contributed by atoms with E-state index in [4.69, 9.17) is 4.74 Å². The van der Waals surface area contributed by atoms with Gasteiger partial charge >= 0.3 is 0 Å². The average Bonchev–Trinajstić information content (AvgIpc) is 2.63. The average molecular weight is 391 g/mol. The predicted molar refractivity (Wildman–Crippen MR) is 107 cm³/mol. The summed E-state index contributed by atoms with van der Waals surface area (Å²) in [5, 5.41) is 12.9. The van der Waals surface area contributed by atoms with E-state index in [0.717, 1.165) is 11.8 Å². The number of anilines is 1. The zero-order valence-electron chi connectivity index (χ0n) is 15.7. The fourth-order valence-electron chi connectivity index (χ4n) is 2.36. The highest BCUT2D eigenvalue weighted by Gasteiger charge is 2.12. The molecule has 7 nitrogen and oxygen atoms in total. The van der Waals surface area contributed by atoms with Crippen LogP contribution in [-0.4, -0.2) is 39.9 Å². The van der Waals surface area contributed by atoms with Crippen molar-refractivity contribution in [2.45, 2.75) is 38.3 Å². The Kier molecular flexibility index (Phi) is 7.87. The summed E-state index contributed by atoms with van der Waals surface area (Å²) in [4.78, 5) is 30.7. The number of nitrogens with zero attached hydrogens (tertiary/aromatic N) is 1. The van der Waals surface area contributed by atoms with Crippen LogP contribution in [0.4, 0.5) is 5.69 Å². The van der Waals surface area contributed by atoms with Crippen LogP contribution in [0.15, 0.2) is 34.2 Å². The number of H-pyrrole nitrogens is 1. The third-order valence-corrected chi connectivity index (χ3v) is 4.75. The molecule has 0 aliphatic carbocycles. The summed E-state index contributed by atoms with van der Waals surface area (Å²) in [6.07, 6.45) is 0.278. The predicted octanol–water partition coefficient (Wildman–Crippen LogP) is 2.91. The molecule has 0 spiro atoms. The van der Waals surface area contributed by atoms with Crippen LogP contribution in [0.5, 0.6) is 5.88 Å². The topological polar surface area (TPSA) is 104 Å². The quantitative estimate of drug-likeness (QED) is 0.345. The molecule has 0 saturated heterocycles. The molecule has 0 aliphatic heterocycles. The molecule has 0 atom stereocenters. The number of rotatable bonds is 9. The Balaban J connectivity index is 1.91. The Morgan fingerprint density at radius 2 is 2.04 bits per heavy atom. The van der Waals surface area contributed by atoms with E-state index in [1.807, 2.05) is 31.2 Å². The van der Waals surface area contributed by atoms with Crippen LogP contribution >= 0.6 is 11.8 Å². The molecule has 146 valence electrons. The van der Waals surface area contributed by atoms with Crippen molar-refractivity contribution in [2.24, 2.45) is 0 Å². The summed E-state index contributed by atoms with van der Waals surface area (Å²) in [6, 6.07) is 7.67. The van der Waals surface area contributed by atoms with Crippen molar-refractivity contribution < 1.29 is 14.6 Å². The third kappa shape index (κ3) is 6.41. The summed E-state index contributed by atoms with van der Waals surface area (Å²) in [6.45, 7) is 6.94. The fraction of sp³-hybridized carbons (Fsp3) is 0.421. The Morgan fingerprint density at radius 3 is 2.63 bits per heavy atom. The van der Waals surface area contributed by atoms with E-state index in [-0.39, 0.29) is 34.7 Å². The molecule has 0 radical (unpaired) electrons. The number of carbonyl (C=O) groups excluding carboxylic acids is 1. The summed E-state index contributed by atoms with van der Waals surface area (Å²) < 4.78 is 5.18. The zero-order chi connectivity index (χ0) is 19.8. The van der Waals surface area contributed by atoms with Crippen molar-refractivity contribution in [3.63, 3.8) is 0 Å². The van der Waals surface area contributed by atoms with Crippen molar-refractivity contribution in [2.75, 3.05) is 24.3 Å². The molecule has 1 heterocycles. The lowest BCUT2D eigenvalue weighted by atomic mass is 10.0. The molecule has 1 amide bonds. The highest BCUT2D eigenvalue weighted by Crippen LogP contribution is 2.19. The molecular formula is C19H25N3O4S. The maximum Gasteiger partial charge on any atom is 0.258 e. The maximum atomic E-state index is 12.1. The van der Waals surface area contributed by atoms with E-state index >= 15 is 0 Å². The van der Waals surface area contributed by atoms with Gasteiger partial charge in [-0.3, -0.25) is 9.59 Å². The Morgan fingerprint density at radius 1 is 1.33 bits per heavy atom. The van der Waals surface area contributed by atoms with Gasteiger partial charge in [-0.05, 0) is 30.5 Å². The first-order chi connectivity index (χ1) is 12.9. The number of hydrogen-bond donors (Lipinski definition) is 3. The maximum absolute atomic E-state index is 12.1. The van der Waals surface area contributed by atoms with Crippen molar-refractivity contribution in [1.29, 1.82) is 0 Å². The summed E-state index contributed by atoms with van der Waals surface area (Å²) in [5.74, 6) is -0.0602. The molecule has 0 saturated carbocycles. The second-order valence-electron chi connectivity index (χ2n) is 6.23. The third-order valence-electron chi connectivity index (χ3n) is 3.87. The van der Waals surface area contributed by atoms with Gasteiger partial charge in [-0.1, -0.05) is 37.7 Å². The number of nitrogens with one attached hydrogen (secondary N) is 2. The van der Waals surface area contributed by atoms with Gasteiger partial charge in [-0.2, -0.15) is 4.98 Å². The van der Waals surface area contributed by atoms with Gasteiger partial charge in [0.15, 0.2) is 5.16 Å². The molecule has 0 bridgehead atoms. The number of ether oxygens (including phenoxy) is 1. The van der Waals surface area contributed by atoms with Gasteiger partial charge in [-0.15, -0.1) is 0 Å². The van der Waals surface area contributed by atoms with Gasteiger partial charge < -0.3 is 20.1 Å². The molecule has 1 aromatic carbocycles. The van der Waals surface area contributed by atoms with E-state index in [9.17, 15) is 14.7 Å². The van der Waals surface area contributed by atoms with Crippen LogP contribution in [0.3, 0.4) is 0 Å². The van der Waals surface area contributed by atoms with Gasteiger partial charge in [-0.25, -0.2) is 0 Å². The second kappa shape index (κ2) is 10.1. The Hall–Kier alpha value is -2.32. The molecule has 2 rings (SSSR count). The highest BCUT2D eigenvalue weighted by molar-refractivity contribution is 7.99. The zero-order valence-corrected chi connectivity index (χ0v) is 16.6. The minimum absolute atomic E-state index is 0.0621. The lowest BCUT2D eigenvalue weighted by Crippen LogP contribution is -2.18. The van der Waals surface area contributed by atoms with E-state index < -0.39 is 5.56 Å². The molecule has 8 heteroatoms. The van der Waals surface area contributed by atoms with Crippen LogP contribution in [0.1, 0.15) is 37.8 Å².